The van der Waals surface area contributed by atoms with Crippen LogP contribution >= 0.6 is 11.6 Å². The van der Waals surface area contributed by atoms with E-state index in [0.29, 0.717) is 21.8 Å². The molecule has 5 rings (SSSR count). The van der Waals surface area contributed by atoms with E-state index in [1.165, 1.54) is 24.8 Å². The van der Waals surface area contributed by atoms with E-state index in [2.05, 4.69) is 15.0 Å². The van der Waals surface area contributed by atoms with Crippen molar-refractivity contribution in [2.24, 2.45) is 0 Å². The van der Waals surface area contributed by atoms with Crippen molar-refractivity contribution >= 4 is 28.3 Å². The molecule has 0 unspecified atom stereocenters. The van der Waals surface area contributed by atoms with Crippen LogP contribution in [0.1, 0.15) is 33.1 Å². The summed E-state index contributed by atoms with van der Waals surface area (Å²) in [5.74, 6) is -1.29. The van der Waals surface area contributed by atoms with Crippen molar-refractivity contribution in [3.8, 4) is 11.5 Å². The van der Waals surface area contributed by atoms with Gasteiger partial charge in [-0.2, -0.15) is 13.2 Å². The molecule has 3 aromatic heterocycles. The molecule has 0 saturated heterocycles. The molecule has 35 heavy (non-hydrogen) atoms. The van der Waals surface area contributed by atoms with Crippen molar-refractivity contribution in [3.05, 3.63) is 101 Å². The van der Waals surface area contributed by atoms with Gasteiger partial charge in [0.05, 0.1) is 11.8 Å². The van der Waals surface area contributed by atoms with Crippen LogP contribution in [0.3, 0.4) is 0 Å². The number of alkyl halides is 3. The first-order chi connectivity index (χ1) is 16.7. The van der Waals surface area contributed by atoms with Crippen LogP contribution in [0.25, 0.3) is 22.4 Å². The summed E-state index contributed by atoms with van der Waals surface area (Å²) in [6.45, 7) is 1.63. The number of halogens is 4. The van der Waals surface area contributed by atoms with Gasteiger partial charge in [0.25, 0.3) is 11.7 Å². The zero-order valence-corrected chi connectivity index (χ0v) is 18.9. The second-order valence-corrected chi connectivity index (χ2v) is 8.34. The van der Waals surface area contributed by atoms with Crippen LogP contribution in [0.5, 0.6) is 0 Å². The molecular weight excluding hydrogens is 481 g/mol. The molecule has 2 aromatic carbocycles. The van der Waals surface area contributed by atoms with Gasteiger partial charge in [0.15, 0.2) is 5.76 Å². The number of carbonyl (C=O) groups excluding carboxylic acids is 1. The lowest BCUT2D eigenvalue weighted by molar-refractivity contribution is -0.143. The van der Waals surface area contributed by atoms with Crippen LogP contribution in [0.15, 0.2) is 71.7 Å². The summed E-state index contributed by atoms with van der Waals surface area (Å²) < 4.78 is 50.1. The fraction of sp³-hybridized carbons (Fsp3) is 0.120. The highest BCUT2D eigenvalue weighted by atomic mass is 35.5. The maximum Gasteiger partial charge on any atom is 0.432 e. The number of aryl methyl sites for hydroxylation is 1. The Morgan fingerprint density at radius 2 is 1.86 bits per heavy atom. The molecule has 0 N–H and O–H groups in total. The quantitative estimate of drug-likeness (QED) is 0.265. The van der Waals surface area contributed by atoms with Gasteiger partial charge in [-0.25, -0.2) is 15.0 Å². The molecule has 0 aliphatic heterocycles. The zero-order chi connectivity index (χ0) is 24.7. The van der Waals surface area contributed by atoms with E-state index in [4.69, 9.17) is 16.0 Å². The second-order valence-electron chi connectivity index (χ2n) is 7.91. The minimum atomic E-state index is -4.83. The first-order valence-corrected chi connectivity index (χ1v) is 10.8. The lowest BCUT2D eigenvalue weighted by Crippen LogP contribution is -2.18. The number of fused-ring (bicyclic) bond motifs is 1. The number of rotatable bonds is 5. The summed E-state index contributed by atoms with van der Waals surface area (Å²) in [4.78, 5) is 25.3. The summed E-state index contributed by atoms with van der Waals surface area (Å²) in [5, 5.41) is 0.634. The normalized spacial score (nSPS) is 11.8. The Balaban J connectivity index is 1.70. The number of hydrogen-bond acceptors (Lipinski definition) is 5. The molecule has 0 atom stereocenters. The van der Waals surface area contributed by atoms with Crippen LogP contribution < -0.4 is 0 Å². The third-order valence-corrected chi connectivity index (χ3v) is 5.75. The number of oxazole rings is 1. The smallest absolute Gasteiger partial charge is 0.432 e. The van der Waals surface area contributed by atoms with Gasteiger partial charge >= 0.3 is 6.18 Å². The van der Waals surface area contributed by atoms with Crippen molar-refractivity contribution in [2.75, 3.05) is 0 Å². The van der Waals surface area contributed by atoms with E-state index in [0.717, 1.165) is 4.57 Å². The van der Waals surface area contributed by atoms with Gasteiger partial charge in [0, 0.05) is 28.7 Å². The average Bonchev–Trinajstić information content (AvgIpc) is 3.44. The Morgan fingerprint density at radius 3 is 2.54 bits per heavy atom. The monoisotopic (exact) mass is 496 g/mol. The van der Waals surface area contributed by atoms with Crippen molar-refractivity contribution in [1.29, 1.82) is 0 Å². The van der Waals surface area contributed by atoms with Crippen LogP contribution in [0.2, 0.25) is 5.02 Å². The van der Waals surface area contributed by atoms with Gasteiger partial charge in [0.1, 0.15) is 17.7 Å². The van der Waals surface area contributed by atoms with Crippen molar-refractivity contribution in [1.82, 2.24) is 19.5 Å². The fourth-order valence-corrected chi connectivity index (χ4v) is 4.10. The van der Waals surface area contributed by atoms with E-state index in [1.807, 2.05) is 0 Å². The summed E-state index contributed by atoms with van der Waals surface area (Å²) in [6, 6.07) is 12.9. The third-order valence-electron chi connectivity index (χ3n) is 5.50. The number of ketones is 1. The van der Waals surface area contributed by atoms with Gasteiger partial charge < -0.3 is 8.98 Å². The van der Waals surface area contributed by atoms with Gasteiger partial charge in [0.2, 0.25) is 0 Å². The summed E-state index contributed by atoms with van der Waals surface area (Å²) in [7, 11) is 0. The third kappa shape index (κ3) is 4.30. The highest BCUT2D eigenvalue weighted by Crippen LogP contribution is 2.40. The molecule has 6 nitrogen and oxygen atoms in total. The summed E-state index contributed by atoms with van der Waals surface area (Å²) in [6.07, 6.45) is -0.817. The van der Waals surface area contributed by atoms with Gasteiger partial charge in [-0.3, -0.25) is 4.79 Å². The predicted octanol–water partition coefficient (Wildman–Crippen LogP) is 6.35. The Labute approximate surface area is 202 Å². The minimum absolute atomic E-state index is 0.114. The summed E-state index contributed by atoms with van der Waals surface area (Å²) >= 11 is 5.93. The first kappa shape index (κ1) is 22.8. The van der Waals surface area contributed by atoms with Crippen LogP contribution in [0, 0.1) is 6.92 Å². The lowest BCUT2D eigenvalue weighted by Gasteiger charge is -2.14. The molecule has 5 aromatic rings. The first-order valence-electron chi connectivity index (χ1n) is 10.4. The highest BCUT2D eigenvalue weighted by molar-refractivity contribution is 6.30. The van der Waals surface area contributed by atoms with Crippen molar-refractivity contribution in [3.63, 3.8) is 0 Å². The highest BCUT2D eigenvalue weighted by Gasteiger charge is 2.42. The molecule has 0 saturated carbocycles. The van der Waals surface area contributed by atoms with E-state index < -0.39 is 29.1 Å². The Bertz CT molecular complexity index is 1540. The molecule has 176 valence electrons. The molecular formula is C25H16ClF3N4O2. The number of hydrogen-bond donors (Lipinski definition) is 0. The van der Waals surface area contributed by atoms with Gasteiger partial charge in [-0.15, -0.1) is 0 Å². The predicted molar refractivity (Wildman–Crippen MR) is 123 cm³/mol. The molecule has 10 heteroatoms. The minimum Gasteiger partial charge on any atom is -0.432 e. The molecule has 0 fully saturated rings. The van der Waals surface area contributed by atoms with E-state index in [1.54, 1.807) is 49.4 Å². The average molecular weight is 497 g/mol. The Morgan fingerprint density at radius 1 is 1.09 bits per heavy atom. The van der Waals surface area contributed by atoms with Crippen molar-refractivity contribution < 1.29 is 22.4 Å². The van der Waals surface area contributed by atoms with Gasteiger partial charge in [-0.1, -0.05) is 35.4 Å². The maximum absolute atomic E-state index is 14.5. The van der Waals surface area contributed by atoms with Crippen LogP contribution in [0.4, 0.5) is 13.2 Å². The van der Waals surface area contributed by atoms with Gasteiger partial charge in [-0.05, 0) is 42.8 Å². The number of nitrogens with zero attached hydrogens (tertiary/aromatic N) is 4. The largest absolute Gasteiger partial charge is 0.432 e. The molecule has 0 bridgehead atoms. The SMILES string of the molecule is Cc1ccc2c(c1)c(C(=O)c1ncc(-c3ccncn3)o1)c(C(F)(F)F)n2Cc1ccc(Cl)cc1. The van der Waals surface area contributed by atoms with E-state index >= 15 is 0 Å². The molecule has 0 aliphatic rings. The molecule has 0 radical (unpaired) electrons. The van der Waals surface area contributed by atoms with E-state index in [-0.39, 0.29) is 23.2 Å². The molecule has 0 amide bonds. The number of benzene rings is 2. The van der Waals surface area contributed by atoms with E-state index in [9.17, 15) is 18.0 Å². The van der Waals surface area contributed by atoms with Crippen molar-refractivity contribution in [2.45, 2.75) is 19.6 Å². The topological polar surface area (TPSA) is 73.8 Å². The standard InChI is InChI=1S/C25H16ClF3N4O2/c1-14-2-7-19-17(10-14)21(22(34)24-31-11-20(35-24)18-8-9-30-13-32-18)23(25(27,28)29)33(19)12-15-3-5-16(26)6-4-15/h2-11,13H,12H2,1H3. The summed E-state index contributed by atoms with van der Waals surface area (Å²) in [5.41, 5.74) is 0.338. The van der Waals surface area contributed by atoms with Crippen LogP contribution in [-0.2, 0) is 12.7 Å². The Hall–Kier alpha value is -3.98. The maximum atomic E-state index is 14.5. The molecule has 3 heterocycles. The number of carbonyl (C=O) groups is 1. The lowest BCUT2D eigenvalue weighted by atomic mass is 10.0. The number of aromatic nitrogens is 4. The zero-order valence-electron chi connectivity index (χ0n) is 18.2. The Kier molecular flexibility index (Phi) is 5.64. The second kappa shape index (κ2) is 8.66. The molecule has 0 spiro atoms. The van der Waals surface area contributed by atoms with Crippen LogP contribution in [-0.4, -0.2) is 25.3 Å². The fourth-order valence-electron chi connectivity index (χ4n) is 3.97. The molecule has 0 aliphatic carbocycles.